The molecular formula is C23H41FO4S. The zero-order chi connectivity index (χ0) is 21.2. The van der Waals surface area contributed by atoms with Gasteiger partial charge in [0, 0.05) is 12.5 Å². The number of alkyl halides is 1. The Hall–Kier alpha value is -0.200. The van der Waals surface area contributed by atoms with Crippen molar-refractivity contribution in [2.75, 3.05) is 12.9 Å². The molecule has 0 spiro atoms. The first-order valence-corrected chi connectivity index (χ1v) is 13.6. The third-order valence-corrected chi connectivity index (χ3v) is 11.0. The normalized spacial score (nSPS) is 45.3. The molecule has 0 aromatic rings. The topological polar surface area (TPSA) is 63.6 Å². The molecule has 6 heteroatoms. The maximum atomic E-state index is 14.5. The van der Waals surface area contributed by atoms with Gasteiger partial charge in [0.1, 0.15) is 6.17 Å². The highest BCUT2D eigenvalue weighted by molar-refractivity contribution is 7.92. The van der Waals surface area contributed by atoms with Gasteiger partial charge in [-0.1, -0.05) is 33.1 Å². The molecule has 3 aliphatic rings. The molecule has 0 aromatic carbocycles. The van der Waals surface area contributed by atoms with E-state index in [1.54, 1.807) is 7.11 Å². The Morgan fingerprint density at radius 1 is 1.14 bits per heavy atom. The standard InChI is InChI=1S/C23H41FO4S/c1-4-6-12-23(5-2)15-29(26,27)20-11-10-17(24)14-19(20)21(22(23)25)16-8-7-9-18(13-16)28-3/h16-22,25H,4-15H2,1-3H3/t16?,17?,18?,19?,20?,21-,22-,23-/m1/s1. The van der Waals surface area contributed by atoms with Gasteiger partial charge in [0.05, 0.1) is 23.2 Å². The molecule has 1 N–H and O–H groups in total. The van der Waals surface area contributed by atoms with Crippen LogP contribution in [-0.2, 0) is 14.6 Å². The van der Waals surface area contributed by atoms with Gasteiger partial charge < -0.3 is 9.84 Å². The van der Waals surface area contributed by atoms with Gasteiger partial charge in [-0.25, -0.2) is 12.8 Å². The molecular weight excluding hydrogens is 391 g/mol. The summed E-state index contributed by atoms with van der Waals surface area (Å²) < 4.78 is 47.2. The fraction of sp³-hybridized carbons (Fsp3) is 1.00. The minimum Gasteiger partial charge on any atom is -0.392 e. The first-order chi connectivity index (χ1) is 13.8. The van der Waals surface area contributed by atoms with Crippen LogP contribution in [0.25, 0.3) is 0 Å². The molecule has 0 aromatic heterocycles. The van der Waals surface area contributed by atoms with Crippen molar-refractivity contribution in [3.8, 4) is 0 Å². The quantitative estimate of drug-likeness (QED) is 0.661. The SMILES string of the molecule is CCCC[C@]1(CC)CS(=O)(=O)C2CCC(F)CC2[C@@H](C2CCCC(OC)C2)[C@H]1O. The third kappa shape index (κ3) is 4.69. The van der Waals surface area contributed by atoms with E-state index < -0.39 is 32.8 Å². The van der Waals surface area contributed by atoms with Crippen molar-refractivity contribution in [1.29, 1.82) is 0 Å². The van der Waals surface area contributed by atoms with Crippen LogP contribution in [0.5, 0.6) is 0 Å². The van der Waals surface area contributed by atoms with Gasteiger partial charge in [0.2, 0.25) is 0 Å². The number of halogens is 1. The Morgan fingerprint density at radius 3 is 2.55 bits per heavy atom. The molecule has 4 nitrogen and oxygen atoms in total. The second kappa shape index (κ2) is 9.52. The molecule has 0 amide bonds. The van der Waals surface area contributed by atoms with E-state index in [4.69, 9.17) is 4.74 Å². The van der Waals surface area contributed by atoms with Crippen molar-refractivity contribution in [3.05, 3.63) is 0 Å². The molecule has 1 aliphatic heterocycles. The van der Waals surface area contributed by atoms with E-state index in [0.717, 1.165) is 44.9 Å². The molecule has 1 heterocycles. The van der Waals surface area contributed by atoms with Crippen molar-refractivity contribution in [2.24, 2.45) is 23.2 Å². The Kier molecular flexibility index (Phi) is 7.70. The summed E-state index contributed by atoms with van der Waals surface area (Å²) in [4.78, 5) is 0. The fourth-order valence-electron chi connectivity index (χ4n) is 6.80. The summed E-state index contributed by atoms with van der Waals surface area (Å²) in [6.45, 7) is 4.13. The van der Waals surface area contributed by atoms with E-state index in [9.17, 15) is 17.9 Å². The second-order valence-corrected chi connectivity index (χ2v) is 12.3. The minimum absolute atomic E-state index is 0.0622. The fourth-order valence-corrected chi connectivity index (χ4v) is 9.65. The summed E-state index contributed by atoms with van der Waals surface area (Å²) in [5.74, 6) is -0.144. The van der Waals surface area contributed by atoms with E-state index in [0.29, 0.717) is 19.3 Å². The molecule has 8 atom stereocenters. The Balaban J connectivity index is 2.04. The van der Waals surface area contributed by atoms with Gasteiger partial charge in [0.15, 0.2) is 9.84 Å². The molecule has 3 fully saturated rings. The number of aliphatic hydroxyl groups excluding tert-OH is 1. The number of unbranched alkanes of at least 4 members (excludes halogenated alkanes) is 1. The van der Waals surface area contributed by atoms with E-state index in [1.807, 2.05) is 6.92 Å². The number of methoxy groups -OCH3 is 1. The van der Waals surface area contributed by atoms with E-state index in [1.165, 1.54) is 0 Å². The van der Waals surface area contributed by atoms with Gasteiger partial charge >= 0.3 is 0 Å². The number of hydrogen-bond donors (Lipinski definition) is 1. The number of ether oxygens (including phenoxy) is 1. The van der Waals surface area contributed by atoms with Crippen LogP contribution in [0.2, 0.25) is 0 Å². The Morgan fingerprint density at radius 2 is 1.90 bits per heavy atom. The van der Waals surface area contributed by atoms with Crippen LogP contribution >= 0.6 is 0 Å². The predicted octanol–water partition coefficient (Wildman–Crippen LogP) is 4.69. The average molecular weight is 433 g/mol. The van der Waals surface area contributed by atoms with E-state index >= 15 is 0 Å². The first kappa shape index (κ1) is 23.5. The smallest absolute Gasteiger partial charge is 0.154 e. The number of fused-ring (bicyclic) bond motifs is 1. The van der Waals surface area contributed by atoms with Crippen LogP contribution in [0.15, 0.2) is 0 Å². The average Bonchev–Trinajstić information content (AvgIpc) is 2.77. The van der Waals surface area contributed by atoms with Crippen LogP contribution in [0.4, 0.5) is 4.39 Å². The Labute approximate surface area is 176 Å². The number of sulfone groups is 1. The lowest BCUT2D eigenvalue weighted by Crippen LogP contribution is -2.49. The predicted molar refractivity (Wildman–Crippen MR) is 114 cm³/mol. The molecule has 2 aliphatic carbocycles. The zero-order valence-electron chi connectivity index (χ0n) is 18.5. The van der Waals surface area contributed by atoms with Crippen LogP contribution in [0.1, 0.15) is 84.5 Å². The van der Waals surface area contributed by atoms with Crippen LogP contribution in [0, 0.1) is 23.2 Å². The van der Waals surface area contributed by atoms with Crippen molar-refractivity contribution in [3.63, 3.8) is 0 Å². The van der Waals surface area contributed by atoms with Gasteiger partial charge in [-0.3, -0.25) is 0 Å². The lowest BCUT2D eigenvalue weighted by atomic mass is 9.60. The summed E-state index contributed by atoms with van der Waals surface area (Å²) in [6.07, 6.45) is 6.72. The molecule has 2 saturated carbocycles. The minimum atomic E-state index is -3.38. The monoisotopic (exact) mass is 432 g/mol. The number of rotatable bonds is 6. The second-order valence-electron chi connectivity index (χ2n) is 10.0. The van der Waals surface area contributed by atoms with Crippen molar-refractivity contribution >= 4 is 9.84 Å². The van der Waals surface area contributed by atoms with Crippen molar-refractivity contribution in [2.45, 2.75) is 108 Å². The number of aliphatic hydroxyl groups is 1. The maximum absolute atomic E-state index is 14.5. The first-order valence-electron chi connectivity index (χ1n) is 11.8. The molecule has 170 valence electrons. The highest BCUT2D eigenvalue weighted by Crippen LogP contribution is 2.53. The van der Waals surface area contributed by atoms with E-state index in [-0.39, 0.29) is 36.0 Å². The summed E-state index contributed by atoms with van der Waals surface area (Å²) in [6, 6.07) is 0. The molecule has 3 rings (SSSR count). The number of hydrogen-bond acceptors (Lipinski definition) is 4. The summed E-state index contributed by atoms with van der Waals surface area (Å²) >= 11 is 0. The van der Waals surface area contributed by atoms with Gasteiger partial charge in [-0.2, -0.15) is 0 Å². The van der Waals surface area contributed by atoms with Gasteiger partial charge in [0.25, 0.3) is 0 Å². The largest absolute Gasteiger partial charge is 0.392 e. The highest BCUT2D eigenvalue weighted by atomic mass is 32.2. The summed E-state index contributed by atoms with van der Waals surface area (Å²) in [5, 5.41) is 11.3. The van der Waals surface area contributed by atoms with Crippen molar-refractivity contribution < 1.29 is 22.7 Å². The van der Waals surface area contributed by atoms with Crippen LogP contribution < -0.4 is 0 Å². The van der Waals surface area contributed by atoms with Crippen LogP contribution in [0.3, 0.4) is 0 Å². The molecule has 29 heavy (non-hydrogen) atoms. The lowest BCUT2D eigenvalue weighted by Gasteiger charge is -2.47. The molecule has 1 saturated heterocycles. The zero-order valence-corrected chi connectivity index (χ0v) is 19.3. The third-order valence-electron chi connectivity index (χ3n) is 8.48. The Bertz CT molecular complexity index is 639. The molecule has 5 unspecified atom stereocenters. The van der Waals surface area contributed by atoms with Crippen molar-refractivity contribution in [1.82, 2.24) is 0 Å². The summed E-state index contributed by atoms with van der Waals surface area (Å²) in [5.41, 5.74) is -0.608. The molecule has 0 radical (unpaired) electrons. The van der Waals surface area contributed by atoms with Crippen LogP contribution in [-0.4, -0.2) is 50.0 Å². The van der Waals surface area contributed by atoms with E-state index in [2.05, 4.69) is 6.92 Å². The maximum Gasteiger partial charge on any atom is 0.154 e. The lowest BCUT2D eigenvalue weighted by molar-refractivity contribution is -0.0800. The van der Waals surface area contributed by atoms with Gasteiger partial charge in [-0.15, -0.1) is 0 Å². The highest BCUT2D eigenvalue weighted by Gasteiger charge is 2.57. The molecule has 0 bridgehead atoms. The summed E-state index contributed by atoms with van der Waals surface area (Å²) in [7, 11) is -1.64. The van der Waals surface area contributed by atoms with Gasteiger partial charge in [-0.05, 0) is 69.1 Å².